The molecule has 0 bridgehead atoms. The quantitative estimate of drug-likeness (QED) is 0.674. The molecule has 0 saturated carbocycles. The highest BCUT2D eigenvalue weighted by atomic mass is 19.1. The Balaban J connectivity index is 1.97. The second-order valence-electron chi connectivity index (χ2n) is 4.58. The van der Waals surface area contributed by atoms with E-state index in [0.717, 1.165) is 0 Å². The number of carbonyl (C=O) groups is 1. The third-order valence-electron chi connectivity index (χ3n) is 3.11. The van der Waals surface area contributed by atoms with Gasteiger partial charge in [-0.3, -0.25) is 4.79 Å². The third kappa shape index (κ3) is 2.65. The summed E-state index contributed by atoms with van der Waals surface area (Å²) in [5.41, 5.74) is 0.959. The lowest BCUT2D eigenvalue weighted by Gasteiger charge is -2.04. The van der Waals surface area contributed by atoms with Crippen molar-refractivity contribution in [3.8, 4) is 5.75 Å². The Morgan fingerprint density at radius 2 is 2.05 bits per heavy atom. The zero-order chi connectivity index (χ0) is 14.8. The lowest BCUT2D eigenvalue weighted by atomic mass is 10.1. The molecule has 0 amide bonds. The molecule has 3 rings (SSSR count). The average molecular weight is 284 g/mol. The Kier molecular flexibility index (Phi) is 3.44. The van der Waals surface area contributed by atoms with E-state index in [2.05, 4.69) is 0 Å². The van der Waals surface area contributed by atoms with Gasteiger partial charge in [0.05, 0.1) is 6.61 Å². The summed E-state index contributed by atoms with van der Waals surface area (Å²) >= 11 is 0. The van der Waals surface area contributed by atoms with Gasteiger partial charge >= 0.3 is 0 Å². The van der Waals surface area contributed by atoms with Crippen molar-refractivity contribution in [1.82, 2.24) is 0 Å². The predicted octanol–water partition coefficient (Wildman–Crippen LogP) is 4.20. The van der Waals surface area contributed by atoms with Gasteiger partial charge in [-0.2, -0.15) is 0 Å². The Hall–Kier alpha value is -2.62. The predicted molar refractivity (Wildman–Crippen MR) is 77.2 cm³/mol. The normalized spacial score (nSPS) is 10.8. The molecule has 0 aliphatic heterocycles. The lowest BCUT2D eigenvalue weighted by Crippen LogP contribution is -2.00. The maximum Gasteiger partial charge on any atom is 0.228 e. The smallest absolute Gasteiger partial charge is 0.228 e. The van der Waals surface area contributed by atoms with Crippen LogP contribution in [0.15, 0.2) is 52.9 Å². The zero-order valence-electron chi connectivity index (χ0n) is 11.4. The van der Waals surface area contributed by atoms with Crippen molar-refractivity contribution in [2.75, 3.05) is 6.61 Å². The molecular weight excluding hydrogens is 271 g/mol. The summed E-state index contributed by atoms with van der Waals surface area (Å²) in [5.74, 6) is 0.198. The van der Waals surface area contributed by atoms with Crippen LogP contribution in [0.1, 0.15) is 23.0 Å². The van der Waals surface area contributed by atoms with E-state index in [4.69, 9.17) is 9.15 Å². The van der Waals surface area contributed by atoms with E-state index in [-0.39, 0.29) is 17.4 Å². The summed E-state index contributed by atoms with van der Waals surface area (Å²) in [6, 6.07) is 12.6. The Bertz CT molecular complexity index is 805. The first kappa shape index (κ1) is 13.4. The van der Waals surface area contributed by atoms with Crippen molar-refractivity contribution in [2.45, 2.75) is 6.92 Å². The maximum atomic E-state index is 13.2. The first-order valence-electron chi connectivity index (χ1n) is 6.64. The van der Waals surface area contributed by atoms with E-state index in [1.807, 2.05) is 6.92 Å². The van der Waals surface area contributed by atoms with Crippen molar-refractivity contribution in [2.24, 2.45) is 0 Å². The van der Waals surface area contributed by atoms with Crippen LogP contribution < -0.4 is 4.74 Å². The van der Waals surface area contributed by atoms with Gasteiger partial charge in [0.2, 0.25) is 5.78 Å². The molecule has 0 fully saturated rings. The van der Waals surface area contributed by atoms with E-state index in [0.29, 0.717) is 28.9 Å². The van der Waals surface area contributed by atoms with Crippen molar-refractivity contribution in [3.63, 3.8) is 0 Å². The van der Waals surface area contributed by atoms with Crippen LogP contribution in [0, 0.1) is 5.82 Å². The van der Waals surface area contributed by atoms with E-state index in [1.54, 1.807) is 30.3 Å². The van der Waals surface area contributed by atoms with Crippen LogP contribution in [-0.4, -0.2) is 12.4 Å². The number of rotatable bonds is 4. The van der Waals surface area contributed by atoms with Gasteiger partial charge in [0.25, 0.3) is 0 Å². The Morgan fingerprint density at radius 1 is 1.19 bits per heavy atom. The Morgan fingerprint density at radius 3 is 2.86 bits per heavy atom. The number of fused-ring (bicyclic) bond motifs is 1. The van der Waals surface area contributed by atoms with E-state index in [9.17, 15) is 9.18 Å². The van der Waals surface area contributed by atoms with Gasteiger partial charge in [-0.1, -0.05) is 12.1 Å². The van der Waals surface area contributed by atoms with Gasteiger partial charge in [-0.25, -0.2) is 4.39 Å². The third-order valence-corrected chi connectivity index (χ3v) is 3.11. The molecule has 0 aliphatic carbocycles. The summed E-state index contributed by atoms with van der Waals surface area (Å²) in [5, 5.41) is 0.569. The monoisotopic (exact) mass is 284 g/mol. The van der Waals surface area contributed by atoms with Crippen molar-refractivity contribution in [1.29, 1.82) is 0 Å². The van der Waals surface area contributed by atoms with Crippen molar-refractivity contribution >= 4 is 16.8 Å². The average Bonchev–Trinajstić information content (AvgIpc) is 2.90. The molecule has 4 heteroatoms. The highest BCUT2D eigenvalue weighted by Gasteiger charge is 2.15. The number of carbonyl (C=O) groups excluding carboxylic acids is 1. The highest BCUT2D eigenvalue weighted by Crippen LogP contribution is 2.23. The molecule has 3 aromatic rings. The van der Waals surface area contributed by atoms with Crippen LogP contribution in [-0.2, 0) is 0 Å². The second-order valence-corrected chi connectivity index (χ2v) is 4.58. The fourth-order valence-electron chi connectivity index (χ4n) is 2.16. The number of furan rings is 1. The second kappa shape index (κ2) is 5.40. The molecule has 106 valence electrons. The fraction of sp³-hybridized carbons (Fsp3) is 0.118. The minimum Gasteiger partial charge on any atom is -0.494 e. The number of halogens is 1. The van der Waals surface area contributed by atoms with Gasteiger partial charge in [0, 0.05) is 10.9 Å². The van der Waals surface area contributed by atoms with E-state index < -0.39 is 0 Å². The fourth-order valence-corrected chi connectivity index (χ4v) is 2.16. The molecule has 0 N–H and O–H groups in total. The number of hydrogen-bond acceptors (Lipinski definition) is 3. The topological polar surface area (TPSA) is 39.4 Å². The van der Waals surface area contributed by atoms with Crippen LogP contribution >= 0.6 is 0 Å². The summed E-state index contributed by atoms with van der Waals surface area (Å²) < 4.78 is 24.0. The zero-order valence-corrected chi connectivity index (χ0v) is 11.4. The van der Waals surface area contributed by atoms with Crippen LogP contribution in [0.2, 0.25) is 0 Å². The largest absolute Gasteiger partial charge is 0.494 e. The van der Waals surface area contributed by atoms with Crippen LogP contribution in [0.25, 0.3) is 11.0 Å². The van der Waals surface area contributed by atoms with Gasteiger partial charge < -0.3 is 9.15 Å². The minimum absolute atomic E-state index is 0.184. The van der Waals surface area contributed by atoms with Gasteiger partial charge in [-0.05, 0) is 43.3 Å². The number of hydrogen-bond donors (Lipinski definition) is 0. The summed E-state index contributed by atoms with van der Waals surface area (Å²) in [6.07, 6.45) is 0. The molecule has 3 nitrogen and oxygen atoms in total. The van der Waals surface area contributed by atoms with Gasteiger partial charge in [-0.15, -0.1) is 0 Å². The Labute approximate surface area is 120 Å². The first-order valence-corrected chi connectivity index (χ1v) is 6.64. The molecule has 0 aliphatic rings. The molecule has 21 heavy (non-hydrogen) atoms. The van der Waals surface area contributed by atoms with Gasteiger partial charge in [0.15, 0.2) is 5.76 Å². The molecule has 2 aromatic carbocycles. The summed E-state index contributed by atoms with van der Waals surface area (Å²) in [6.45, 7) is 2.41. The molecule has 1 aromatic heterocycles. The SMILES string of the molecule is CCOc1cccc(C(=O)c2cc3cc(F)ccc3o2)c1. The molecule has 0 spiro atoms. The number of ether oxygens (including phenoxy) is 1. The first-order chi connectivity index (χ1) is 10.2. The van der Waals surface area contributed by atoms with Crippen LogP contribution in [0.5, 0.6) is 5.75 Å². The molecule has 1 heterocycles. The van der Waals surface area contributed by atoms with Crippen molar-refractivity contribution < 1.29 is 18.3 Å². The van der Waals surface area contributed by atoms with E-state index in [1.165, 1.54) is 18.2 Å². The number of ketones is 1. The standard InChI is InChI=1S/C17H13FO3/c1-2-20-14-5-3-4-11(9-14)17(19)16-10-12-8-13(18)6-7-15(12)21-16/h3-10H,2H2,1H3. The number of benzene rings is 2. The van der Waals surface area contributed by atoms with Crippen LogP contribution in [0.4, 0.5) is 4.39 Å². The molecular formula is C17H13FO3. The molecule has 0 unspecified atom stereocenters. The summed E-state index contributed by atoms with van der Waals surface area (Å²) in [4.78, 5) is 12.4. The molecule has 0 saturated heterocycles. The van der Waals surface area contributed by atoms with Crippen LogP contribution in [0.3, 0.4) is 0 Å². The highest BCUT2D eigenvalue weighted by molar-refractivity contribution is 6.09. The lowest BCUT2D eigenvalue weighted by molar-refractivity contribution is 0.101. The molecule has 0 radical (unpaired) electrons. The molecule has 0 atom stereocenters. The maximum absolute atomic E-state index is 13.2. The van der Waals surface area contributed by atoms with E-state index >= 15 is 0 Å². The summed E-state index contributed by atoms with van der Waals surface area (Å²) in [7, 11) is 0. The van der Waals surface area contributed by atoms with Crippen molar-refractivity contribution in [3.05, 3.63) is 65.7 Å². The minimum atomic E-state index is -0.361. The van der Waals surface area contributed by atoms with Gasteiger partial charge in [0.1, 0.15) is 17.1 Å².